The van der Waals surface area contributed by atoms with E-state index in [1.54, 1.807) is 0 Å². The van der Waals surface area contributed by atoms with Gasteiger partial charge in [0.25, 0.3) is 0 Å². The van der Waals surface area contributed by atoms with Crippen LogP contribution in [0.4, 0.5) is 0 Å². The molecule has 0 nitrogen and oxygen atoms in total. The van der Waals surface area contributed by atoms with Crippen LogP contribution in [0.3, 0.4) is 0 Å². The SMILES string of the molecule is CC=CCC(Cl)=C(Cl)Br. The average molecular weight is 230 g/mol. The average Bonchev–Trinajstić information content (AvgIpc) is 1.82. The fraction of sp³-hybridized carbons (Fsp3) is 0.333. The maximum atomic E-state index is 5.64. The van der Waals surface area contributed by atoms with E-state index in [1.807, 2.05) is 19.1 Å². The number of halogens is 3. The Morgan fingerprint density at radius 1 is 1.56 bits per heavy atom. The molecular weight excluding hydrogens is 223 g/mol. The molecule has 0 N–H and O–H groups in total. The van der Waals surface area contributed by atoms with Crippen molar-refractivity contribution in [1.82, 2.24) is 0 Å². The molecule has 0 atom stereocenters. The molecule has 0 aliphatic heterocycles. The van der Waals surface area contributed by atoms with Crippen molar-refractivity contribution in [1.29, 1.82) is 0 Å². The van der Waals surface area contributed by atoms with E-state index >= 15 is 0 Å². The van der Waals surface area contributed by atoms with Crippen molar-refractivity contribution in [3.05, 3.63) is 21.1 Å². The molecular formula is C6H7BrCl2. The Morgan fingerprint density at radius 3 is 2.44 bits per heavy atom. The second kappa shape index (κ2) is 5.33. The van der Waals surface area contributed by atoms with Crippen molar-refractivity contribution in [2.75, 3.05) is 0 Å². The van der Waals surface area contributed by atoms with Crippen LogP contribution in [-0.4, -0.2) is 0 Å². The summed E-state index contributed by atoms with van der Waals surface area (Å²) in [6.07, 6.45) is 4.56. The number of hydrogen-bond donors (Lipinski definition) is 0. The van der Waals surface area contributed by atoms with Crippen LogP contribution in [0.25, 0.3) is 0 Å². The van der Waals surface area contributed by atoms with Gasteiger partial charge in [-0.25, -0.2) is 0 Å². The van der Waals surface area contributed by atoms with Crippen molar-refractivity contribution < 1.29 is 0 Å². The lowest BCUT2D eigenvalue weighted by molar-refractivity contribution is 1.35. The van der Waals surface area contributed by atoms with E-state index in [1.165, 1.54) is 0 Å². The van der Waals surface area contributed by atoms with Gasteiger partial charge in [-0.2, -0.15) is 0 Å². The normalized spacial score (nSPS) is 14.2. The van der Waals surface area contributed by atoms with Gasteiger partial charge < -0.3 is 0 Å². The minimum Gasteiger partial charge on any atom is -0.0913 e. The van der Waals surface area contributed by atoms with Crippen LogP contribution in [0.5, 0.6) is 0 Å². The van der Waals surface area contributed by atoms with Crippen molar-refractivity contribution in [2.24, 2.45) is 0 Å². The molecule has 0 saturated heterocycles. The Kier molecular flexibility index (Phi) is 5.65. The lowest BCUT2D eigenvalue weighted by atomic mass is 10.4. The largest absolute Gasteiger partial charge is 0.0981 e. The Bertz CT molecular complexity index is 134. The predicted molar refractivity (Wildman–Crippen MR) is 47.1 cm³/mol. The molecule has 0 heterocycles. The van der Waals surface area contributed by atoms with Crippen molar-refractivity contribution >= 4 is 39.1 Å². The van der Waals surface area contributed by atoms with E-state index in [9.17, 15) is 0 Å². The highest BCUT2D eigenvalue weighted by Crippen LogP contribution is 2.22. The third kappa shape index (κ3) is 5.01. The highest BCUT2D eigenvalue weighted by Gasteiger charge is 1.92. The third-order valence-electron chi connectivity index (χ3n) is 0.738. The molecule has 3 heteroatoms. The molecule has 0 aliphatic carbocycles. The van der Waals surface area contributed by atoms with Crippen LogP contribution in [0.2, 0.25) is 0 Å². The summed E-state index contributed by atoms with van der Waals surface area (Å²) in [4.78, 5) is 0. The monoisotopic (exact) mass is 228 g/mol. The van der Waals surface area contributed by atoms with Gasteiger partial charge in [-0.05, 0) is 22.9 Å². The molecule has 0 aromatic carbocycles. The second-order valence-electron chi connectivity index (χ2n) is 1.44. The smallest absolute Gasteiger partial charge is 0.0913 e. The van der Waals surface area contributed by atoms with Gasteiger partial charge in [0.15, 0.2) is 0 Å². The molecule has 0 spiro atoms. The first-order chi connectivity index (χ1) is 4.18. The molecule has 0 saturated carbocycles. The zero-order valence-electron chi connectivity index (χ0n) is 5.00. The van der Waals surface area contributed by atoms with E-state index in [0.29, 0.717) is 15.4 Å². The topological polar surface area (TPSA) is 0 Å². The molecule has 0 amide bonds. The summed E-state index contributed by atoms with van der Waals surface area (Å²) in [5, 5.41) is 0.634. The van der Waals surface area contributed by atoms with Crippen molar-refractivity contribution in [2.45, 2.75) is 13.3 Å². The van der Waals surface area contributed by atoms with Crippen LogP contribution in [0.1, 0.15) is 13.3 Å². The van der Waals surface area contributed by atoms with E-state index in [0.717, 1.165) is 0 Å². The van der Waals surface area contributed by atoms with Gasteiger partial charge in [-0.15, -0.1) is 0 Å². The predicted octanol–water partition coefficient (Wildman–Crippen LogP) is 3.99. The van der Waals surface area contributed by atoms with Gasteiger partial charge >= 0.3 is 0 Å². The van der Waals surface area contributed by atoms with Crippen molar-refractivity contribution in [3.63, 3.8) is 0 Å². The van der Waals surface area contributed by atoms with E-state index in [4.69, 9.17) is 23.2 Å². The Hall–Kier alpha value is 0.540. The lowest BCUT2D eigenvalue weighted by Crippen LogP contribution is -1.67. The number of rotatable bonds is 2. The maximum Gasteiger partial charge on any atom is 0.0981 e. The first kappa shape index (κ1) is 9.54. The molecule has 0 bridgehead atoms. The molecule has 0 radical (unpaired) electrons. The van der Waals surface area contributed by atoms with Crippen LogP contribution in [0.15, 0.2) is 21.1 Å². The molecule has 9 heavy (non-hydrogen) atoms. The second-order valence-corrected chi connectivity index (χ2v) is 3.52. The molecule has 0 fully saturated rings. The zero-order valence-corrected chi connectivity index (χ0v) is 8.09. The summed E-state index contributed by atoms with van der Waals surface area (Å²) >= 11 is 14.2. The minimum absolute atomic E-state index is 0.488. The standard InChI is InChI=1S/C6H7BrCl2/c1-2-3-4-5(8)6(7)9/h2-3H,4H2,1H3. The maximum absolute atomic E-state index is 5.64. The van der Waals surface area contributed by atoms with E-state index < -0.39 is 0 Å². The zero-order chi connectivity index (χ0) is 7.28. The summed E-state index contributed by atoms with van der Waals surface area (Å²) in [6.45, 7) is 1.94. The van der Waals surface area contributed by atoms with Crippen molar-refractivity contribution in [3.8, 4) is 0 Å². The molecule has 0 aromatic rings. The van der Waals surface area contributed by atoms with Gasteiger partial charge in [0.2, 0.25) is 0 Å². The first-order valence-corrected chi connectivity index (χ1v) is 4.04. The first-order valence-electron chi connectivity index (χ1n) is 2.49. The molecule has 0 aromatic heterocycles. The minimum atomic E-state index is 0.488. The van der Waals surface area contributed by atoms with E-state index in [-0.39, 0.29) is 0 Å². The molecule has 0 unspecified atom stereocenters. The molecule has 0 rings (SSSR count). The van der Waals surface area contributed by atoms with Gasteiger partial charge in [0.05, 0.1) is 3.94 Å². The van der Waals surface area contributed by atoms with Gasteiger partial charge in [0, 0.05) is 11.5 Å². The Balaban J connectivity index is 3.77. The highest BCUT2D eigenvalue weighted by atomic mass is 79.9. The summed E-state index contributed by atoms with van der Waals surface area (Å²) in [5.74, 6) is 0. The van der Waals surface area contributed by atoms with Gasteiger partial charge in [0.1, 0.15) is 0 Å². The number of allylic oxidation sites excluding steroid dienone is 3. The van der Waals surface area contributed by atoms with Crippen LogP contribution >= 0.6 is 39.1 Å². The van der Waals surface area contributed by atoms with Gasteiger partial charge in [-0.3, -0.25) is 0 Å². The van der Waals surface area contributed by atoms with Crippen LogP contribution in [-0.2, 0) is 0 Å². The summed E-state index contributed by atoms with van der Waals surface area (Å²) < 4.78 is 0.488. The van der Waals surface area contributed by atoms with Crippen LogP contribution in [0, 0.1) is 0 Å². The Morgan fingerprint density at radius 2 is 2.11 bits per heavy atom. The quantitative estimate of drug-likeness (QED) is 0.629. The summed E-state index contributed by atoms with van der Waals surface area (Å²) in [6, 6.07) is 0. The van der Waals surface area contributed by atoms with Crippen LogP contribution < -0.4 is 0 Å². The highest BCUT2D eigenvalue weighted by molar-refractivity contribution is 9.12. The number of hydrogen-bond acceptors (Lipinski definition) is 0. The molecule has 52 valence electrons. The van der Waals surface area contributed by atoms with Gasteiger partial charge in [-0.1, -0.05) is 35.4 Å². The molecule has 0 aliphatic rings. The third-order valence-corrected chi connectivity index (χ3v) is 2.11. The summed E-state index contributed by atoms with van der Waals surface area (Å²) in [5.41, 5.74) is 0. The summed E-state index contributed by atoms with van der Waals surface area (Å²) in [7, 11) is 0. The van der Waals surface area contributed by atoms with E-state index in [2.05, 4.69) is 15.9 Å². The fourth-order valence-corrected chi connectivity index (χ4v) is 0.627. The Labute approximate surface area is 73.7 Å². The fourth-order valence-electron chi connectivity index (χ4n) is 0.298. The lowest BCUT2D eigenvalue weighted by Gasteiger charge is -1.89.